The van der Waals surface area contributed by atoms with Crippen molar-refractivity contribution in [1.82, 2.24) is 0 Å². The third-order valence-corrected chi connectivity index (χ3v) is 8.53. The second-order valence-corrected chi connectivity index (χ2v) is 10.3. The molecule has 0 aromatic heterocycles. The van der Waals surface area contributed by atoms with Gasteiger partial charge < -0.3 is 4.52 Å². The van der Waals surface area contributed by atoms with Crippen LogP contribution >= 0.6 is 9.47 Å². The van der Waals surface area contributed by atoms with E-state index in [1.165, 1.54) is 38.5 Å². The Bertz CT molecular complexity index is 461. The smallest absolute Gasteiger partial charge is 0.307 e. The van der Waals surface area contributed by atoms with E-state index < -0.39 is 0 Å². The molecule has 0 bridgehead atoms. The standard InChI is InChI=1S/C22H41O2P/c1-7-13-21(4,5)18-12-14-22(6)17(9-10-19(22)16(18)3)15(2)8-11-20(23)24-25/h15-19H,7-14,25H2,1-6H3/t15-,16?,17-,18?,19?,22-/m1/s1. The molecule has 2 nitrogen and oxygen atoms in total. The first-order valence-electron chi connectivity index (χ1n) is 10.6. The topological polar surface area (TPSA) is 26.3 Å². The van der Waals surface area contributed by atoms with Crippen LogP contribution in [0.25, 0.3) is 0 Å². The fourth-order valence-corrected chi connectivity index (χ4v) is 7.13. The number of hydrogen-bond donors (Lipinski definition) is 0. The molecule has 0 aliphatic heterocycles. The first-order chi connectivity index (χ1) is 11.7. The van der Waals surface area contributed by atoms with Gasteiger partial charge in [0.15, 0.2) is 0 Å². The van der Waals surface area contributed by atoms with Gasteiger partial charge in [0.25, 0.3) is 0 Å². The molecule has 25 heavy (non-hydrogen) atoms. The van der Waals surface area contributed by atoms with E-state index in [1.807, 2.05) is 0 Å². The van der Waals surface area contributed by atoms with Crippen molar-refractivity contribution in [3.63, 3.8) is 0 Å². The highest BCUT2D eigenvalue weighted by molar-refractivity contribution is 7.10. The van der Waals surface area contributed by atoms with Crippen LogP contribution in [0, 0.1) is 40.4 Å². The summed E-state index contributed by atoms with van der Waals surface area (Å²) < 4.78 is 4.76. The summed E-state index contributed by atoms with van der Waals surface area (Å²) in [6.45, 7) is 14.8. The zero-order chi connectivity index (χ0) is 18.8. The highest BCUT2D eigenvalue weighted by atomic mass is 31.0. The van der Waals surface area contributed by atoms with E-state index in [2.05, 4.69) is 51.0 Å². The van der Waals surface area contributed by atoms with E-state index in [4.69, 9.17) is 4.52 Å². The molecule has 2 aliphatic carbocycles. The maximum absolute atomic E-state index is 11.5. The summed E-state index contributed by atoms with van der Waals surface area (Å²) in [7, 11) is 2.08. The van der Waals surface area contributed by atoms with Crippen LogP contribution in [0.15, 0.2) is 0 Å². The maximum atomic E-state index is 11.5. The van der Waals surface area contributed by atoms with Crippen LogP contribution in [-0.4, -0.2) is 5.97 Å². The van der Waals surface area contributed by atoms with E-state index in [-0.39, 0.29) is 5.97 Å². The molecule has 2 fully saturated rings. The fourth-order valence-electron chi connectivity index (χ4n) is 7.01. The Hall–Kier alpha value is -0.100. The monoisotopic (exact) mass is 368 g/mol. The van der Waals surface area contributed by atoms with E-state index in [1.54, 1.807) is 0 Å². The second-order valence-electron chi connectivity index (χ2n) is 10.0. The minimum absolute atomic E-state index is 0.0880. The van der Waals surface area contributed by atoms with Crippen molar-refractivity contribution in [3.8, 4) is 0 Å². The SMILES string of the molecule is CCCC(C)(C)C1CC[C@@]2(C)C(CC[C@@H]2[C@H](C)CCC(=O)OP)C1C. The number of rotatable bonds is 7. The summed E-state index contributed by atoms with van der Waals surface area (Å²) in [4.78, 5) is 11.5. The van der Waals surface area contributed by atoms with Gasteiger partial charge in [-0.3, -0.25) is 4.79 Å². The number of carbonyl (C=O) groups excluding carboxylic acids is 1. The van der Waals surface area contributed by atoms with Gasteiger partial charge in [-0.25, -0.2) is 0 Å². The Labute approximate surface area is 158 Å². The van der Waals surface area contributed by atoms with Crippen LogP contribution in [0.2, 0.25) is 0 Å². The third-order valence-electron chi connectivity index (χ3n) is 8.27. The van der Waals surface area contributed by atoms with Gasteiger partial charge >= 0.3 is 5.97 Å². The lowest BCUT2D eigenvalue weighted by Crippen LogP contribution is -2.45. The molecule has 2 aliphatic rings. The number of fused-ring (bicyclic) bond motifs is 1. The molecule has 0 amide bonds. The lowest BCUT2D eigenvalue weighted by Gasteiger charge is -2.53. The van der Waals surface area contributed by atoms with E-state index >= 15 is 0 Å². The fraction of sp³-hybridized carbons (Fsp3) is 0.955. The lowest BCUT2D eigenvalue weighted by atomic mass is 9.52. The van der Waals surface area contributed by atoms with E-state index in [9.17, 15) is 4.79 Å². The van der Waals surface area contributed by atoms with Crippen molar-refractivity contribution in [2.75, 3.05) is 0 Å². The molecule has 0 heterocycles. The molecule has 3 heteroatoms. The van der Waals surface area contributed by atoms with Crippen molar-refractivity contribution in [1.29, 1.82) is 0 Å². The summed E-state index contributed by atoms with van der Waals surface area (Å²) in [5.41, 5.74) is 0.949. The van der Waals surface area contributed by atoms with Crippen molar-refractivity contribution in [2.24, 2.45) is 40.4 Å². The molecular formula is C22H41O2P. The highest BCUT2D eigenvalue weighted by Crippen LogP contribution is 2.63. The summed E-state index contributed by atoms with van der Waals surface area (Å²) in [6.07, 6.45) is 9.68. The average Bonchev–Trinajstić information content (AvgIpc) is 2.90. The predicted molar refractivity (Wildman–Crippen MR) is 109 cm³/mol. The normalized spacial score (nSPS) is 36.8. The van der Waals surface area contributed by atoms with Crippen molar-refractivity contribution in [3.05, 3.63) is 0 Å². The molecule has 146 valence electrons. The Morgan fingerprint density at radius 3 is 2.60 bits per heavy atom. The summed E-state index contributed by atoms with van der Waals surface area (Å²) in [5, 5.41) is 0. The summed E-state index contributed by atoms with van der Waals surface area (Å²) >= 11 is 0. The van der Waals surface area contributed by atoms with Crippen molar-refractivity contribution >= 4 is 15.4 Å². The molecule has 0 N–H and O–H groups in total. The van der Waals surface area contributed by atoms with Crippen LogP contribution in [-0.2, 0) is 9.32 Å². The van der Waals surface area contributed by atoms with E-state index in [0.29, 0.717) is 23.2 Å². The molecule has 0 aromatic rings. The molecule has 0 saturated heterocycles. The molecule has 7 atom stereocenters. The zero-order valence-corrected chi connectivity index (χ0v) is 18.6. The van der Waals surface area contributed by atoms with Gasteiger partial charge in [0.1, 0.15) is 0 Å². The van der Waals surface area contributed by atoms with Crippen LogP contribution in [0.1, 0.15) is 92.9 Å². The number of carbonyl (C=O) groups is 1. The minimum Gasteiger partial charge on any atom is -0.452 e. The van der Waals surface area contributed by atoms with Crippen molar-refractivity contribution in [2.45, 2.75) is 92.9 Å². The summed E-state index contributed by atoms with van der Waals surface area (Å²) in [6, 6.07) is 0. The largest absolute Gasteiger partial charge is 0.452 e. The Kier molecular flexibility index (Phi) is 7.02. The van der Waals surface area contributed by atoms with E-state index in [0.717, 1.165) is 30.1 Å². The van der Waals surface area contributed by atoms with Gasteiger partial charge in [0, 0.05) is 6.42 Å². The average molecular weight is 369 g/mol. The Morgan fingerprint density at radius 2 is 2.00 bits per heavy atom. The van der Waals surface area contributed by atoms with Crippen LogP contribution in [0.4, 0.5) is 0 Å². The van der Waals surface area contributed by atoms with Gasteiger partial charge in [-0.15, -0.1) is 0 Å². The quantitative estimate of drug-likeness (QED) is 0.471. The van der Waals surface area contributed by atoms with Gasteiger partial charge in [0.2, 0.25) is 0 Å². The molecular weight excluding hydrogens is 327 g/mol. The van der Waals surface area contributed by atoms with Gasteiger partial charge in [-0.2, -0.15) is 0 Å². The van der Waals surface area contributed by atoms with Gasteiger partial charge in [0.05, 0.1) is 9.47 Å². The first kappa shape index (κ1) is 21.2. The van der Waals surface area contributed by atoms with Gasteiger partial charge in [-0.1, -0.05) is 48.0 Å². The molecule has 2 saturated carbocycles. The Morgan fingerprint density at radius 1 is 1.32 bits per heavy atom. The molecule has 2 rings (SSSR count). The number of hydrogen-bond acceptors (Lipinski definition) is 2. The minimum atomic E-state index is -0.0880. The van der Waals surface area contributed by atoms with Crippen LogP contribution in [0.3, 0.4) is 0 Å². The zero-order valence-electron chi connectivity index (χ0n) is 17.4. The second kappa shape index (κ2) is 8.28. The van der Waals surface area contributed by atoms with Crippen molar-refractivity contribution < 1.29 is 9.32 Å². The summed E-state index contributed by atoms with van der Waals surface area (Å²) in [5.74, 6) is 3.86. The van der Waals surface area contributed by atoms with Crippen LogP contribution < -0.4 is 0 Å². The lowest BCUT2D eigenvalue weighted by molar-refractivity contribution is -0.133. The molecule has 4 unspecified atom stereocenters. The third kappa shape index (κ3) is 4.26. The molecule has 0 radical (unpaired) electrons. The molecule has 0 aromatic carbocycles. The maximum Gasteiger partial charge on any atom is 0.307 e. The predicted octanol–water partition coefficient (Wildman–Crippen LogP) is 6.64. The highest BCUT2D eigenvalue weighted by Gasteiger charge is 2.55. The van der Waals surface area contributed by atoms with Gasteiger partial charge in [-0.05, 0) is 78.9 Å². The molecule has 0 spiro atoms. The first-order valence-corrected chi connectivity index (χ1v) is 11.0. The van der Waals surface area contributed by atoms with Crippen LogP contribution in [0.5, 0.6) is 0 Å². The Balaban J connectivity index is 2.07.